The van der Waals surface area contributed by atoms with Crippen LogP contribution in [0.3, 0.4) is 0 Å². The topological polar surface area (TPSA) is 84.7 Å². The van der Waals surface area contributed by atoms with Crippen LogP contribution < -0.4 is 4.74 Å². The number of carbonyl (C=O) groups is 2. The number of benzene rings is 2. The van der Waals surface area contributed by atoms with Crippen LogP contribution in [0.2, 0.25) is 0 Å². The lowest BCUT2D eigenvalue weighted by Crippen LogP contribution is -2.38. The number of hydrogen-bond acceptors (Lipinski definition) is 4. The van der Waals surface area contributed by atoms with E-state index in [1.54, 1.807) is 18.0 Å². The number of hydrogen-bond donors (Lipinski definition) is 1. The zero-order valence-electron chi connectivity index (χ0n) is 18.1. The van der Waals surface area contributed by atoms with E-state index in [0.717, 1.165) is 24.1 Å². The molecule has 7 heteroatoms. The van der Waals surface area contributed by atoms with E-state index in [2.05, 4.69) is 0 Å². The van der Waals surface area contributed by atoms with Gasteiger partial charge >= 0.3 is 5.97 Å². The van der Waals surface area contributed by atoms with Crippen molar-refractivity contribution in [2.45, 2.75) is 25.7 Å². The summed E-state index contributed by atoms with van der Waals surface area (Å²) in [4.78, 5) is 26.2. The fraction of sp³-hybridized carbons (Fsp3) is 0.320. The average Bonchev–Trinajstić information content (AvgIpc) is 3.29. The van der Waals surface area contributed by atoms with Crippen molar-refractivity contribution in [3.8, 4) is 22.7 Å². The average molecular weight is 434 g/mol. The summed E-state index contributed by atoms with van der Waals surface area (Å²) in [6.45, 7) is 1.24. The smallest absolute Gasteiger partial charge is 0.303 e. The SMILES string of the molecule is COc1cccc(-c2nn(-c3ccccc3)cc2C(=O)N2CCC(CCC(=O)O)CC2)c1. The van der Waals surface area contributed by atoms with Crippen LogP contribution in [0.5, 0.6) is 5.75 Å². The van der Waals surface area contributed by atoms with Gasteiger partial charge in [0.1, 0.15) is 11.4 Å². The number of piperidine rings is 1. The van der Waals surface area contributed by atoms with Crippen LogP contribution in [-0.4, -0.2) is 51.9 Å². The summed E-state index contributed by atoms with van der Waals surface area (Å²) in [5.41, 5.74) is 2.86. The highest BCUT2D eigenvalue weighted by Gasteiger charge is 2.27. The number of nitrogens with zero attached hydrogens (tertiary/aromatic N) is 3. The van der Waals surface area contributed by atoms with Gasteiger partial charge in [0.15, 0.2) is 0 Å². The minimum Gasteiger partial charge on any atom is -0.497 e. The van der Waals surface area contributed by atoms with E-state index in [1.807, 2.05) is 59.5 Å². The van der Waals surface area contributed by atoms with E-state index in [-0.39, 0.29) is 12.3 Å². The van der Waals surface area contributed by atoms with E-state index < -0.39 is 5.97 Å². The second-order valence-electron chi connectivity index (χ2n) is 8.07. The van der Waals surface area contributed by atoms with Gasteiger partial charge in [0.2, 0.25) is 0 Å². The minimum absolute atomic E-state index is 0.0540. The molecule has 1 amide bonds. The van der Waals surface area contributed by atoms with Crippen molar-refractivity contribution in [2.24, 2.45) is 5.92 Å². The van der Waals surface area contributed by atoms with Crippen molar-refractivity contribution in [1.82, 2.24) is 14.7 Å². The van der Waals surface area contributed by atoms with Gasteiger partial charge in [-0.25, -0.2) is 4.68 Å². The van der Waals surface area contributed by atoms with Crippen LogP contribution in [-0.2, 0) is 4.79 Å². The normalized spacial score (nSPS) is 14.3. The number of aliphatic carboxylic acids is 1. The molecule has 1 aliphatic rings. The van der Waals surface area contributed by atoms with Gasteiger partial charge in [0.05, 0.1) is 18.4 Å². The Morgan fingerprint density at radius 3 is 2.53 bits per heavy atom. The number of carbonyl (C=O) groups excluding carboxylic acids is 1. The fourth-order valence-electron chi connectivity index (χ4n) is 4.15. The van der Waals surface area contributed by atoms with Crippen molar-refractivity contribution >= 4 is 11.9 Å². The molecular formula is C25H27N3O4. The van der Waals surface area contributed by atoms with Crippen LogP contribution in [0, 0.1) is 5.92 Å². The van der Waals surface area contributed by atoms with Gasteiger partial charge in [0.25, 0.3) is 5.91 Å². The Hall–Kier alpha value is -3.61. The third-order valence-electron chi connectivity index (χ3n) is 5.98. The molecule has 0 unspecified atom stereocenters. The van der Waals surface area contributed by atoms with Gasteiger partial charge in [-0.15, -0.1) is 0 Å². The van der Waals surface area contributed by atoms with E-state index in [4.69, 9.17) is 14.9 Å². The van der Waals surface area contributed by atoms with E-state index in [1.165, 1.54) is 0 Å². The van der Waals surface area contributed by atoms with E-state index in [9.17, 15) is 9.59 Å². The second-order valence-corrected chi connectivity index (χ2v) is 8.07. The van der Waals surface area contributed by atoms with Crippen LogP contribution >= 0.6 is 0 Å². The number of ether oxygens (including phenoxy) is 1. The summed E-state index contributed by atoms with van der Waals surface area (Å²) >= 11 is 0. The molecule has 0 spiro atoms. The van der Waals surface area contributed by atoms with Crippen molar-refractivity contribution in [3.63, 3.8) is 0 Å². The summed E-state index contributed by atoms with van der Waals surface area (Å²) in [5.74, 6) is 0.232. The van der Waals surface area contributed by atoms with E-state index >= 15 is 0 Å². The van der Waals surface area contributed by atoms with Gasteiger partial charge in [0, 0.05) is 31.3 Å². The fourth-order valence-corrected chi connectivity index (χ4v) is 4.15. The summed E-state index contributed by atoms with van der Waals surface area (Å²) in [5, 5.41) is 13.7. The molecule has 1 aromatic heterocycles. The van der Waals surface area contributed by atoms with Gasteiger partial charge in [-0.1, -0.05) is 30.3 Å². The second kappa shape index (κ2) is 9.68. The molecule has 2 heterocycles. The first-order valence-corrected chi connectivity index (χ1v) is 10.9. The molecule has 0 saturated carbocycles. The number of carboxylic acids is 1. The Labute approximate surface area is 187 Å². The Morgan fingerprint density at radius 1 is 1.09 bits per heavy atom. The monoisotopic (exact) mass is 433 g/mol. The molecule has 0 atom stereocenters. The summed E-state index contributed by atoms with van der Waals surface area (Å²) < 4.78 is 7.10. The molecule has 3 aromatic rings. The minimum atomic E-state index is -0.764. The maximum Gasteiger partial charge on any atom is 0.303 e. The van der Waals surface area contributed by atoms with Gasteiger partial charge < -0.3 is 14.7 Å². The maximum absolute atomic E-state index is 13.5. The lowest BCUT2D eigenvalue weighted by molar-refractivity contribution is -0.137. The van der Waals surface area contributed by atoms with Gasteiger partial charge in [-0.2, -0.15) is 5.10 Å². The van der Waals surface area contributed by atoms with Crippen LogP contribution in [0.4, 0.5) is 0 Å². The Bertz CT molecular complexity index is 1090. The Kier molecular flexibility index (Phi) is 6.54. The third-order valence-corrected chi connectivity index (χ3v) is 5.98. The molecule has 166 valence electrons. The molecule has 0 radical (unpaired) electrons. The molecule has 0 bridgehead atoms. The zero-order valence-corrected chi connectivity index (χ0v) is 18.1. The first kappa shape index (κ1) is 21.6. The predicted molar refractivity (Wildman–Crippen MR) is 121 cm³/mol. The molecule has 7 nitrogen and oxygen atoms in total. The molecule has 1 aliphatic heterocycles. The summed E-state index contributed by atoms with van der Waals surface area (Å²) in [6.07, 6.45) is 4.28. The first-order chi connectivity index (χ1) is 15.5. The number of para-hydroxylation sites is 1. The Balaban J connectivity index is 1.61. The largest absolute Gasteiger partial charge is 0.497 e. The molecule has 0 aliphatic carbocycles. The number of amides is 1. The maximum atomic E-state index is 13.5. The lowest BCUT2D eigenvalue weighted by atomic mass is 9.92. The third kappa shape index (κ3) is 4.82. The lowest BCUT2D eigenvalue weighted by Gasteiger charge is -2.31. The quantitative estimate of drug-likeness (QED) is 0.602. The van der Waals surface area contributed by atoms with Crippen molar-refractivity contribution in [1.29, 1.82) is 0 Å². The highest BCUT2D eigenvalue weighted by molar-refractivity contribution is 6.00. The van der Waals surface area contributed by atoms with Crippen LogP contribution in [0.1, 0.15) is 36.0 Å². The highest BCUT2D eigenvalue weighted by Crippen LogP contribution is 2.29. The Morgan fingerprint density at radius 2 is 1.84 bits per heavy atom. The number of carboxylic acid groups (broad SMARTS) is 1. The molecule has 1 N–H and O–H groups in total. The molecule has 1 saturated heterocycles. The standard InChI is InChI=1S/C25H27N3O4/c1-32-21-9-5-6-19(16-21)24-22(17-28(26-24)20-7-3-2-4-8-20)25(31)27-14-12-18(13-15-27)10-11-23(29)30/h2-9,16-18H,10-15H2,1H3,(H,29,30). The first-order valence-electron chi connectivity index (χ1n) is 10.9. The number of methoxy groups -OCH3 is 1. The number of rotatable bonds is 7. The van der Waals surface area contributed by atoms with Gasteiger partial charge in [-0.05, 0) is 49.4 Å². The summed E-state index contributed by atoms with van der Waals surface area (Å²) in [6, 6.07) is 17.3. The summed E-state index contributed by atoms with van der Waals surface area (Å²) in [7, 11) is 1.61. The molecule has 1 fully saturated rings. The molecule has 4 rings (SSSR count). The number of aromatic nitrogens is 2. The van der Waals surface area contributed by atoms with E-state index in [0.29, 0.717) is 42.4 Å². The molecule has 32 heavy (non-hydrogen) atoms. The zero-order chi connectivity index (χ0) is 22.5. The van der Waals surface area contributed by atoms with Crippen LogP contribution in [0.15, 0.2) is 60.8 Å². The van der Waals surface area contributed by atoms with Crippen molar-refractivity contribution < 1.29 is 19.4 Å². The van der Waals surface area contributed by atoms with Crippen molar-refractivity contribution in [3.05, 3.63) is 66.4 Å². The van der Waals surface area contributed by atoms with Gasteiger partial charge in [-0.3, -0.25) is 9.59 Å². The predicted octanol–water partition coefficient (Wildman–Crippen LogP) is 4.26. The molecule has 2 aromatic carbocycles. The molecular weight excluding hydrogens is 406 g/mol. The number of likely N-dealkylation sites (tertiary alicyclic amines) is 1. The van der Waals surface area contributed by atoms with Crippen molar-refractivity contribution in [2.75, 3.05) is 20.2 Å². The highest BCUT2D eigenvalue weighted by atomic mass is 16.5. The van der Waals surface area contributed by atoms with Crippen LogP contribution in [0.25, 0.3) is 16.9 Å².